The number of amides is 1. The van der Waals surface area contributed by atoms with E-state index in [9.17, 15) is 13.2 Å². The summed E-state index contributed by atoms with van der Waals surface area (Å²) in [7, 11) is -3.67. The molecule has 6 nitrogen and oxygen atoms in total. The number of nitrogens with one attached hydrogen (secondary N) is 1. The largest absolute Gasteiger partial charge is 0.482 e. The Morgan fingerprint density at radius 1 is 1.15 bits per heavy atom. The highest BCUT2D eigenvalue weighted by Gasteiger charge is 2.30. The van der Waals surface area contributed by atoms with Gasteiger partial charge in [0, 0.05) is 24.2 Å². The molecule has 0 aromatic heterocycles. The van der Waals surface area contributed by atoms with Crippen molar-refractivity contribution < 1.29 is 17.9 Å². The van der Waals surface area contributed by atoms with E-state index in [4.69, 9.17) is 16.3 Å². The van der Waals surface area contributed by atoms with Gasteiger partial charge in [-0.2, -0.15) is 4.31 Å². The number of ether oxygens (including phenoxy) is 1. The van der Waals surface area contributed by atoms with Crippen molar-refractivity contribution in [1.82, 2.24) is 9.62 Å². The van der Waals surface area contributed by atoms with E-state index in [1.165, 1.54) is 22.9 Å². The van der Waals surface area contributed by atoms with Crippen molar-refractivity contribution in [2.24, 2.45) is 0 Å². The normalized spacial score (nSPS) is 19.4. The van der Waals surface area contributed by atoms with Crippen LogP contribution in [-0.4, -0.2) is 44.4 Å². The Morgan fingerprint density at radius 3 is 2.54 bits per heavy atom. The highest BCUT2D eigenvalue weighted by Crippen LogP contribution is 2.31. The standard InChI is InChI=1S/C18H25ClN2O4S/c19-14-8-9-16(17(12-14)26(23,24)21-10-4-5-11-21)25-13-18(22)20-15-6-2-1-3-7-15/h8-9,12,15H,1-7,10-11,13H2,(H,20,22). The quantitative estimate of drug-likeness (QED) is 0.796. The van der Waals surface area contributed by atoms with Crippen molar-refractivity contribution in [2.75, 3.05) is 19.7 Å². The van der Waals surface area contributed by atoms with Crippen LogP contribution in [0.5, 0.6) is 5.75 Å². The average molecular weight is 401 g/mol. The minimum atomic E-state index is -3.67. The molecule has 0 radical (unpaired) electrons. The molecule has 2 fully saturated rings. The van der Waals surface area contributed by atoms with Crippen LogP contribution in [0.2, 0.25) is 5.02 Å². The van der Waals surface area contributed by atoms with Crippen LogP contribution in [0.15, 0.2) is 23.1 Å². The summed E-state index contributed by atoms with van der Waals surface area (Å²) in [5, 5.41) is 3.29. The lowest BCUT2D eigenvalue weighted by molar-refractivity contribution is -0.124. The summed E-state index contributed by atoms with van der Waals surface area (Å²) in [5.41, 5.74) is 0. The van der Waals surface area contributed by atoms with E-state index >= 15 is 0 Å². The van der Waals surface area contributed by atoms with Gasteiger partial charge in [-0.3, -0.25) is 4.79 Å². The third-order valence-electron chi connectivity index (χ3n) is 4.92. The van der Waals surface area contributed by atoms with Crippen molar-refractivity contribution in [1.29, 1.82) is 0 Å². The Bertz CT molecular complexity index is 742. The maximum Gasteiger partial charge on any atom is 0.258 e. The molecule has 0 atom stereocenters. The molecule has 26 heavy (non-hydrogen) atoms. The first kappa shape index (κ1) is 19.5. The van der Waals surface area contributed by atoms with Gasteiger partial charge >= 0.3 is 0 Å². The summed E-state index contributed by atoms with van der Waals surface area (Å²) >= 11 is 6.00. The van der Waals surface area contributed by atoms with Crippen LogP contribution < -0.4 is 10.1 Å². The maximum absolute atomic E-state index is 12.9. The van der Waals surface area contributed by atoms with Crippen molar-refractivity contribution in [3.8, 4) is 5.75 Å². The fourth-order valence-electron chi connectivity index (χ4n) is 3.53. The molecule has 0 unspecified atom stereocenters. The molecule has 3 rings (SSSR count). The molecule has 1 aromatic rings. The summed E-state index contributed by atoms with van der Waals surface area (Å²) in [6.45, 7) is 0.785. The number of benzene rings is 1. The van der Waals surface area contributed by atoms with Crippen molar-refractivity contribution in [2.45, 2.75) is 55.9 Å². The first-order valence-electron chi connectivity index (χ1n) is 9.19. The number of carbonyl (C=O) groups is 1. The van der Waals surface area contributed by atoms with Crippen molar-refractivity contribution in [3.63, 3.8) is 0 Å². The van der Waals surface area contributed by atoms with Crippen molar-refractivity contribution in [3.05, 3.63) is 23.2 Å². The lowest BCUT2D eigenvalue weighted by Crippen LogP contribution is -2.39. The Balaban J connectivity index is 1.68. The van der Waals surface area contributed by atoms with Gasteiger partial charge in [0.05, 0.1) is 0 Å². The second-order valence-corrected chi connectivity index (χ2v) is 9.24. The van der Waals surface area contributed by atoms with Crippen LogP contribution in [0.1, 0.15) is 44.9 Å². The molecular formula is C18H25ClN2O4S. The summed E-state index contributed by atoms with van der Waals surface area (Å²) in [5.74, 6) is -0.0588. The summed E-state index contributed by atoms with van der Waals surface area (Å²) in [4.78, 5) is 12.2. The summed E-state index contributed by atoms with van der Waals surface area (Å²) in [6, 6.07) is 4.67. The Kier molecular flexibility index (Phi) is 6.42. The molecule has 1 N–H and O–H groups in total. The van der Waals surface area contributed by atoms with E-state index in [1.807, 2.05) is 0 Å². The van der Waals surface area contributed by atoms with Gasteiger partial charge in [0.2, 0.25) is 10.0 Å². The van der Waals surface area contributed by atoms with E-state index in [1.54, 1.807) is 6.07 Å². The molecule has 1 saturated heterocycles. The molecule has 1 aliphatic carbocycles. The zero-order chi connectivity index (χ0) is 18.6. The molecule has 1 amide bonds. The van der Waals surface area contributed by atoms with E-state index in [0.29, 0.717) is 18.1 Å². The number of hydrogen-bond acceptors (Lipinski definition) is 4. The summed E-state index contributed by atoms with van der Waals surface area (Å²) < 4.78 is 32.7. The minimum Gasteiger partial charge on any atom is -0.482 e. The fraction of sp³-hybridized carbons (Fsp3) is 0.611. The molecule has 144 valence electrons. The Hall–Kier alpha value is -1.31. The van der Waals surface area contributed by atoms with Crippen LogP contribution in [-0.2, 0) is 14.8 Å². The molecule has 1 aromatic carbocycles. The van der Waals surface area contributed by atoms with Crippen LogP contribution >= 0.6 is 11.6 Å². The molecule has 2 aliphatic rings. The fourth-order valence-corrected chi connectivity index (χ4v) is 5.44. The van der Waals surface area contributed by atoms with Crippen molar-refractivity contribution >= 4 is 27.5 Å². The zero-order valence-corrected chi connectivity index (χ0v) is 16.3. The third kappa shape index (κ3) is 4.69. The lowest BCUT2D eigenvalue weighted by atomic mass is 9.95. The van der Waals surface area contributed by atoms with Crippen LogP contribution in [0.4, 0.5) is 0 Å². The van der Waals surface area contributed by atoms with E-state index in [0.717, 1.165) is 38.5 Å². The number of sulfonamides is 1. The zero-order valence-electron chi connectivity index (χ0n) is 14.7. The van der Waals surface area contributed by atoms with E-state index < -0.39 is 10.0 Å². The Labute approximate surface area is 159 Å². The number of hydrogen-bond donors (Lipinski definition) is 1. The van der Waals surface area contributed by atoms with Gasteiger partial charge in [-0.05, 0) is 43.9 Å². The van der Waals surface area contributed by atoms with Gasteiger partial charge in [-0.25, -0.2) is 8.42 Å². The van der Waals surface area contributed by atoms with Gasteiger partial charge < -0.3 is 10.1 Å². The van der Waals surface area contributed by atoms with Gasteiger partial charge in [-0.1, -0.05) is 30.9 Å². The van der Waals surface area contributed by atoms with Gasteiger partial charge in [0.1, 0.15) is 10.6 Å². The molecule has 1 heterocycles. The predicted octanol–water partition coefficient (Wildman–Crippen LogP) is 2.95. The monoisotopic (exact) mass is 400 g/mol. The summed E-state index contributed by atoms with van der Waals surface area (Å²) in [6.07, 6.45) is 7.13. The van der Waals surface area contributed by atoms with Crippen LogP contribution in [0.25, 0.3) is 0 Å². The number of carbonyl (C=O) groups excluding carboxylic acids is 1. The average Bonchev–Trinajstić information content (AvgIpc) is 3.17. The smallest absolute Gasteiger partial charge is 0.258 e. The first-order valence-corrected chi connectivity index (χ1v) is 11.0. The molecule has 8 heteroatoms. The molecule has 1 saturated carbocycles. The first-order chi connectivity index (χ1) is 12.5. The third-order valence-corrected chi connectivity index (χ3v) is 7.07. The SMILES string of the molecule is O=C(COc1ccc(Cl)cc1S(=O)(=O)N1CCCC1)NC1CCCCC1. The molecule has 0 bridgehead atoms. The van der Waals surface area contributed by atoms with Gasteiger partial charge in [0.25, 0.3) is 5.91 Å². The van der Waals surface area contributed by atoms with Gasteiger partial charge in [-0.15, -0.1) is 0 Å². The predicted molar refractivity (Wildman–Crippen MR) is 100.0 cm³/mol. The molecule has 1 aliphatic heterocycles. The molecule has 0 spiro atoms. The minimum absolute atomic E-state index is 0.0253. The second kappa shape index (κ2) is 8.59. The number of rotatable bonds is 6. The Morgan fingerprint density at radius 2 is 1.85 bits per heavy atom. The van der Waals surface area contributed by atoms with E-state index in [-0.39, 0.29) is 29.2 Å². The maximum atomic E-state index is 12.9. The lowest BCUT2D eigenvalue weighted by Gasteiger charge is -2.23. The molecular weight excluding hydrogens is 376 g/mol. The van der Waals surface area contributed by atoms with Gasteiger partial charge in [0.15, 0.2) is 6.61 Å². The van der Waals surface area contributed by atoms with Crippen LogP contribution in [0, 0.1) is 0 Å². The van der Waals surface area contributed by atoms with E-state index in [2.05, 4.69) is 5.32 Å². The number of halogens is 1. The highest BCUT2D eigenvalue weighted by atomic mass is 35.5. The number of nitrogens with zero attached hydrogens (tertiary/aromatic N) is 1. The topological polar surface area (TPSA) is 75.7 Å². The highest BCUT2D eigenvalue weighted by molar-refractivity contribution is 7.89. The second-order valence-electron chi connectivity index (χ2n) is 6.89. The van der Waals surface area contributed by atoms with Crippen LogP contribution in [0.3, 0.4) is 0 Å².